The summed E-state index contributed by atoms with van der Waals surface area (Å²) in [5.74, 6) is 1.80. The summed E-state index contributed by atoms with van der Waals surface area (Å²) in [7, 11) is 0. The van der Waals surface area contributed by atoms with Gasteiger partial charge in [-0.2, -0.15) is 0 Å². The molecule has 0 aliphatic carbocycles. The van der Waals surface area contributed by atoms with E-state index in [4.69, 9.17) is 4.74 Å². The zero-order chi connectivity index (χ0) is 14.9. The quantitative estimate of drug-likeness (QED) is 0.471. The average Bonchev–Trinajstić information content (AvgIpc) is 2.57. The van der Waals surface area contributed by atoms with E-state index in [0.717, 1.165) is 28.2 Å². The normalized spacial score (nSPS) is 12.5. The first-order chi connectivity index (χ1) is 10.8. The number of fused-ring (bicyclic) bond motifs is 2. The van der Waals surface area contributed by atoms with Gasteiger partial charge in [0.1, 0.15) is 0 Å². The van der Waals surface area contributed by atoms with E-state index in [1.165, 1.54) is 7.14 Å². The monoisotopic (exact) mass is 397 g/mol. The first-order valence-electron chi connectivity index (χ1n) is 7.12. The Balaban J connectivity index is 1.71. The van der Waals surface area contributed by atoms with Crippen LogP contribution in [0.2, 0.25) is 0 Å². The molecule has 108 valence electrons. The molecule has 0 unspecified atom stereocenters. The predicted octanol–water partition coefficient (Wildman–Crippen LogP) is 1.98. The van der Waals surface area contributed by atoms with Gasteiger partial charge in [0.2, 0.25) is 0 Å². The Hall–Kier alpha value is -2.07. The molecule has 22 heavy (non-hydrogen) atoms. The van der Waals surface area contributed by atoms with E-state index in [1.54, 1.807) is 0 Å². The molecule has 1 heterocycles. The molecule has 1 aliphatic rings. The predicted molar refractivity (Wildman–Crippen MR) is 84.9 cm³/mol. The molecule has 0 N–H and O–H groups in total. The van der Waals surface area contributed by atoms with Crippen molar-refractivity contribution in [2.45, 2.75) is 0 Å². The molecule has 0 saturated heterocycles. The fraction of sp³-hybridized carbons (Fsp3) is 0. The van der Waals surface area contributed by atoms with E-state index >= 15 is 0 Å². The van der Waals surface area contributed by atoms with Gasteiger partial charge in [0, 0.05) is 0 Å². The molecule has 2 heteroatoms. The van der Waals surface area contributed by atoms with E-state index in [1.807, 2.05) is 18.2 Å². The topological polar surface area (TPSA) is 9.23 Å². The summed E-state index contributed by atoms with van der Waals surface area (Å²) in [4.78, 5) is 0. The van der Waals surface area contributed by atoms with Crippen molar-refractivity contribution in [3.63, 3.8) is 0 Å². The van der Waals surface area contributed by atoms with Crippen LogP contribution in [0, 0.1) is 7.14 Å². The molecular weight excluding hydrogens is 383 g/mol. The first kappa shape index (κ1) is 13.6. The van der Waals surface area contributed by atoms with Gasteiger partial charge in [-0.25, -0.2) is 0 Å². The number of rotatable bonds is 2. The summed E-state index contributed by atoms with van der Waals surface area (Å²) in [6.45, 7) is 4.28. The van der Waals surface area contributed by atoms with E-state index in [0.29, 0.717) is 0 Å². The van der Waals surface area contributed by atoms with E-state index < -0.39 is 0 Å². The maximum absolute atomic E-state index is 6.00. The van der Waals surface area contributed by atoms with Crippen LogP contribution in [-0.4, -0.2) is 0 Å². The van der Waals surface area contributed by atoms with Gasteiger partial charge in [0.15, 0.2) is 0 Å². The van der Waals surface area contributed by atoms with Crippen molar-refractivity contribution in [2.24, 2.45) is 0 Å². The summed E-state index contributed by atoms with van der Waals surface area (Å²) in [6, 6.07) is 25.3. The molecule has 1 nitrogen and oxygen atoms in total. The molecule has 1 aliphatic heterocycles. The molecule has 0 bridgehead atoms. The molecule has 3 aromatic carbocycles. The van der Waals surface area contributed by atoms with Crippen LogP contribution in [0.15, 0.2) is 79.4 Å². The van der Waals surface area contributed by atoms with Crippen molar-refractivity contribution in [3.05, 3.63) is 97.6 Å². The molecule has 4 rings (SSSR count). The Morgan fingerprint density at radius 1 is 0.682 bits per heavy atom. The van der Waals surface area contributed by atoms with Gasteiger partial charge in [-0.05, 0) is 0 Å². The minimum absolute atomic E-state index is 0.172. The number of ether oxygens (including phenoxy) is 1. The zero-order valence-corrected chi connectivity index (χ0v) is 14.1. The van der Waals surface area contributed by atoms with Crippen molar-refractivity contribution in [2.75, 3.05) is 0 Å². The van der Waals surface area contributed by atoms with E-state index in [-0.39, 0.29) is 21.2 Å². The second kappa shape index (κ2) is 5.61. The maximum atomic E-state index is 6.00. The summed E-state index contributed by atoms with van der Waals surface area (Å²) in [6.07, 6.45) is 0. The molecule has 0 spiro atoms. The van der Waals surface area contributed by atoms with Gasteiger partial charge in [0.25, 0.3) is 0 Å². The van der Waals surface area contributed by atoms with Crippen molar-refractivity contribution < 1.29 is 25.9 Å². The number of para-hydroxylation sites is 1. The standard InChI is InChI=1S/C20H14IO/c1-14-17-9-5-6-10-19(17)22-20-12-11-16(13-18(14)20)21-15-7-3-2-4-8-15/h2-13H,1H2/q-1. The second-order valence-electron chi connectivity index (χ2n) is 5.11. The summed E-state index contributed by atoms with van der Waals surface area (Å²) in [5.41, 5.74) is 3.26. The fourth-order valence-electron chi connectivity index (χ4n) is 2.56. The molecule has 0 atom stereocenters. The van der Waals surface area contributed by atoms with Crippen LogP contribution in [0.3, 0.4) is 0 Å². The molecule has 0 amide bonds. The van der Waals surface area contributed by atoms with E-state index in [2.05, 4.69) is 61.2 Å². The van der Waals surface area contributed by atoms with Gasteiger partial charge in [-0.15, -0.1) is 0 Å². The number of hydrogen-bond acceptors (Lipinski definition) is 1. The second-order valence-corrected chi connectivity index (χ2v) is 8.14. The van der Waals surface area contributed by atoms with Crippen molar-refractivity contribution >= 4 is 5.57 Å². The minimum atomic E-state index is -0.172. The van der Waals surface area contributed by atoms with Gasteiger partial charge in [0.05, 0.1) is 0 Å². The van der Waals surface area contributed by atoms with Crippen LogP contribution >= 0.6 is 0 Å². The number of benzene rings is 3. The molecular formula is C20H14IO-. The average molecular weight is 397 g/mol. The van der Waals surface area contributed by atoms with Crippen LogP contribution in [0.25, 0.3) is 5.57 Å². The van der Waals surface area contributed by atoms with Crippen molar-refractivity contribution in [1.29, 1.82) is 0 Å². The molecule has 0 saturated carbocycles. The number of hydrogen-bond donors (Lipinski definition) is 0. The summed E-state index contributed by atoms with van der Waals surface area (Å²) >= 11 is -0.172. The Bertz CT molecular complexity index is 853. The Morgan fingerprint density at radius 3 is 2.27 bits per heavy atom. The van der Waals surface area contributed by atoms with Gasteiger partial charge >= 0.3 is 141 Å². The first-order valence-corrected chi connectivity index (χ1v) is 9.27. The Morgan fingerprint density at radius 2 is 1.41 bits per heavy atom. The summed E-state index contributed by atoms with van der Waals surface area (Å²) in [5, 5.41) is 0. The molecule has 0 fully saturated rings. The Labute approximate surface area is 140 Å². The van der Waals surface area contributed by atoms with E-state index in [9.17, 15) is 0 Å². The third-order valence-electron chi connectivity index (χ3n) is 3.65. The Kier molecular flexibility index (Phi) is 3.47. The SMILES string of the molecule is C=C1c2ccccc2Oc2ccc([I-]c3ccccc3)cc21. The third kappa shape index (κ3) is 2.44. The van der Waals surface area contributed by atoms with Crippen LogP contribution in [0.5, 0.6) is 11.5 Å². The van der Waals surface area contributed by atoms with Crippen molar-refractivity contribution in [1.82, 2.24) is 0 Å². The van der Waals surface area contributed by atoms with Crippen LogP contribution in [0.4, 0.5) is 0 Å². The molecule has 3 aromatic rings. The van der Waals surface area contributed by atoms with Crippen LogP contribution in [0.1, 0.15) is 11.1 Å². The molecule has 0 aromatic heterocycles. The molecule has 0 radical (unpaired) electrons. The summed E-state index contributed by atoms with van der Waals surface area (Å²) < 4.78 is 8.81. The van der Waals surface area contributed by atoms with Gasteiger partial charge < -0.3 is 0 Å². The van der Waals surface area contributed by atoms with Gasteiger partial charge in [-0.1, -0.05) is 0 Å². The fourth-order valence-corrected chi connectivity index (χ4v) is 4.88. The van der Waals surface area contributed by atoms with Crippen LogP contribution < -0.4 is 25.9 Å². The third-order valence-corrected chi connectivity index (χ3v) is 6.29. The van der Waals surface area contributed by atoms with Gasteiger partial charge in [-0.3, -0.25) is 0 Å². The van der Waals surface area contributed by atoms with Crippen molar-refractivity contribution in [3.8, 4) is 11.5 Å². The van der Waals surface area contributed by atoms with Crippen LogP contribution in [-0.2, 0) is 0 Å². The number of halogens is 1. The zero-order valence-electron chi connectivity index (χ0n) is 11.9.